The van der Waals surface area contributed by atoms with Crippen molar-refractivity contribution in [3.8, 4) is 0 Å². The molecule has 0 radical (unpaired) electrons. The van der Waals surface area contributed by atoms with Crippen LogP contribution in [0.1, 0.15) is 5.69 Å². The molecule has 74 valence electrons. The van der Waals surface area contributed by atoms with Crippen LogP contribution in [-0.4, -0.2) is 23.2 Å². The largest absolute Gasteiger partial charge is 0.395 e. The van der Waals surface area contributed by atoms with Crippen LogP contribution in [0.5, 0.6) is 0 Å². The Bertz CT molecular complexity index is 375. The van der Waals surface area contributed by atoms with Gasteiger partial charge in [-0.05, 0) is 17.5 Å². The third-order valence-corrected chi connectivity index (χ3v) is 2.19. The van der Waals surface area contributed by atoms with Gasteiger partial charge in [-0.2, -0.15) is 0 Å². The summed E-state index contributed by atoms with van der Waals surface area (Å²) < 4.78 is 0. The number of benzene rings is 1. The van der Waals surface area contributed by atoms with Gasteiger partial charge < -0.3 is 15.4 Å². The number of hydrogen-bond donors (Lipinski definition) is 3. The maximum atomic E-state index is 8.61. The van der Waals surface area contributed by atoms with Crippen LogP contribution in [0, 0.1) is 0 Å². The SMILES string of the molecule is OCCNCc1cc2ccccc2[nH]1. The molecular formula is C11H14N2O. The number of aromatic nitrogens is 1. The average molecular weight is 190 g/mol. The van der Waals surface area contributed by atoms with Crippen LogP contribution in [-0.2, 0) is 6.54 Å². The molecule has 3 nitrogen and oxygen atoms in total. The van der Waals surface area contributed by atoms with E-state index in [1.54, 1.807) is 0 Å². The molecule has 0 spiro atoms. The van der Waals surface area contributed by atoms with Gasteiger partial charge in [0.2, 0.25) is 0 Å². The van der Waals surface area contributed by atoms with Gasteiger partial charge in [0.1, 0.15) is 0 Å². The highest BCUT2D eigenvalue weighted by atomic mass is 16.3. The number of rotatable bonds is 4. The number of aromatic amines is 1. The molecule has 0 saturated carbocycles. The van der Waals surface area contributed by atoms with Gasteiger partial charge in [-0.15, -0.1) is 0 Å². The van der Waals surface area contributed by atoms with Crippen LogP contribution in [0.4, 0.5) is 0 Å². The predicted molar refractivity (Wildman–Crippen MR) is 57.1 cm³/mol. The third-order valence-electron chi connectivity index (χ3n) is 2.19. The summed E-state index contributed by atoms with van der Waals surface area (Å²) in [6, 6.07) is 10.3. The van der Waals surface area contributed by atoms with Crippen LogP contribution in [0.15, 0.2) is 30.3 Å². The number of aliphatic hydroxyl groups excluding tert-OH is 1. The normalized spacial score (nSPS) is 10.9. The Morgan fingerprint density at radius 2 is 2.14 bits per heavy atom. The third kappa shape index (κ3) is 1.95. The summed E-state index contributed by atoms with van der Waals surface area (Å²) in [7, 11) is 0. The fraction of sp³-hybridized carbons (Fsp3) is 0.273. The molecule has 2 aromatic rings. The Kier molecular flexibility index (Phi) is 2.81. The fourth-order valence-corrected chi connectivity index (χ4v) is 1.53. The van der Waals surface area contributed by atoms with E-state index in [9.17, 15) is 0 Å². The van der Waals surface area contributed by atoms with Gasteiger partial charge in [0, 0.05) is 24.3 Å². The van der Waals surface area contributed by atoms with Crippen molar-refractivity contribution < 1.29 is 5.11 Å². The molecule has 14 heavy (non-hydrogen) atoms. The van der Waals surface area contributed by atoms with E-state index in [2.05, 4.69) is 28.5 Å². The second kappa shape index (κ2) is 4.26. The molecule has 3 N–H and O–H groups in total. The zero-order valence-corrected chi connectivity index (χ0v) is 7.96. The number of para-hydroxylation sites is 1. The van der Waals surface area contributed by atoms with Crippen molar-refractivity contribution >= 4 is 10.9 Å². The average Bonchev–Trinajstić information content (AvgIpc) is 2.60. The maximum Gasteiger partial charge on any atom is 0.0556 e. The van der Waals surface area contributed by atoms with Crippen molar-refractivity contribution in [3.63, 3.8) is 0 Å². The Morgan fingerprint density at radius 1 is 1.29 bits per heavy atom. The van der Waals surface area contributed by atoms with Crippen molar-refractivity contribution in [2.75, 3.05) is 13.2 Å². The quantitative estimate of drug-likeness (QED) is 0.635. The van der Waals surface area contributed by atoms with Gasteiger partial charge in [-0.1, -0.05) is 18.2 Å². The molecule has 0 atom stereocenters. The predicted octanol–water partition coefficient (Wildman–Crippen LogP) is 1.25. The maximum absolute atomic E-state index is 8.61. The molecule has 1 aromatic heterocycles. The monoisotopic (exact) mass is 190 g/mol. The smallest absolute Gasteiger partial charge is 0.0556 e. The molecule has 3 heteroatoms. The molecule has 1 heterocycles. The number of nitrogens with one attached hydrogen (secondary N) is 2. The summed E-state index contributed by atoms with van der Waals surface area (Å²) in [5.41, 5.74) is 2.31. The number of fused-ring (bicyclic) bond motifs is 1. The van der Waals surface area contributed by atoms with Gasteiger partial charge in [0.25, 0.3) is 0 Å². The summed E-state index contributed by atoms with van der Waals surface area (Å²) in [5.74, 6) is 0. The first-order valence-electron chi connectivity index (χ1n) is 4.78. The van der Waals surface area contributed by atoms with Crippen LogP contribution in [0.3, 0.4) is 0 Å². The molecule has 0 bridgehead atoms. The molecule has 0 amide bonds. The highest BCUT2D eigenvalue weighted by molar-refractivity contribution is 5.80. The van der Waals surface area contributed by atoms with Crippen LogP contribution in [0.25, 0.3) is 10.9 Å². The van der Waals surface area contributed by atoms with Crippen LogP contribution in [0.2, 0.25) is 0 Å². The second-order valence-corrected chi connectivity index (χ2v) is 3.28. The lowest BCUT2D eigenvalue weighted by molar-refractivity contribution is 0.292. The summed E-state index contributed by atoms with van der Waals surface area (Å²) in [4.78, 5) is 3.31. The number of H-pyrrole nitrogens is 1. The molecule has 0 aliphatic carbocycles. The summed E-state index contributed by atoms with van der Waals surface area (Å²) >= 11 is 0. The standard InChI is InChI=1S/C11H14N2O/c14-6-5-12-8-10-7-9-3-1-2-4-11(9)13-10/h1-4,7,12-14H,5-6,8H2. The fourth-order valence-electron chi connectivity index (χ4n) is 1.53. The highest BCUT2D eigenvalue weighted by Crippen LogP contribution is 2.13. The molecular weight excluding hydrogens is 176 g/mol. The van der Waals surface area contributed by atoms with E-state index in [1.807, 2.05) is 12.1 Å². The Balaban J connectivity index is 2.11. The van der Waals surface area contributed by atoms with Gasteiger partial charge in [-0.25, -0.2) is 0 Å². The van der Waals surface area contributed by atoms with E-state index in [-0.39, 0.29) is 6.61 Å². The lowest BCUT2D eigenvalue weighted by atomic mass is 10.2. The van der Waals surface area contributed by atoms with Crippen molar-refractivity contribution in [1.82, 2.24) is 10.3 Å². The second-order valence-electron chi connectivity index (χ2n) is 3.28. The minimum Gasteiger partial charge on any atom is -0.395 e. The highest BCUT2D eigenvalue weighted by Gasteiger charge is 1.98. The molecule has 0 unspecified atom stereocenters. The Labute approximate surface area is 82.8 Å². The van der Waals surface area contributed by atoms with Gasteiger partial charge >= 0.3 is 0 Å². The van der Waals surface area contributed by atoms with Gasteiger partial charge in [-0.3, -0.25) is 0 Å². The lowest BCUT2D eigenvalue weighted by Gasteiger charge is -1.98. The van der Waals surface area contributed by atoms with Crippen LogP contribution >= 0.6 is 0 Å². The molecule has 2 rings (SSSR count). The first kappa shape index (κ1) is 9.24. The van der Waals surface area contributed by atoms with E-state index in [0.29, 0.717) is 6.54 Å². The van der Waals surface area contributed by atoms with Crippen molar-refractivity contribution in [3.05, 3.63) is 36.0 Å². The summed E-state index contributed by atoms with van der Waals surface area (Å²) in [5, 5.41) is 13.0. The van der Waals surface area contributed by atoms with Crippen molar-refractivity contribution in [1.29, 1.82) is 0 Å². The molecule has 1 aromatic carbocycles. The molecule has 0 aliphatic heterocycles. The van der Waals surface area contributed by atoms with Crippen molar-refractivity contribution in [2.45, 2.75) is 6.54 Å². The summed E-state index contributed by atoms with van der Waals surface area (Å²) in [6.45, 7) is 1.59. The van der Waals surface area contributed by atoms with E-state index in [4.69, 9.17) is 5.11 Å². The minimum atomic E-state index is 0.181. The van der Waals surface area contributed by atoms with E-state index < -0.39 is 0 Å². The van der Waals surface area contributed by atoms with E-state index >= 15 is 0 Å². The minimum absolute atomic E-state index is 0.181. The van der Waals surface area contributed by atoms with E-state index in [0.717, 1.165) is 17.8 Å². The van der Waals surface area contributed by atoms with Crippen LogP contribution < -0.4 is 5.32 Å². The lowest BCUT2D eigenvalue weighted by Crippen LogP contribution is -2.17. The molecule has 0 saturated heterocycles. The zero-order chi connectivity index (χ0) is 9.80. The molecule has 0 aliphatic rings. The number of aliphatic hydroxyl groups is 1. The summed E-state index contributed by atoms with van der Waals surface area (Å²) in [6.07, 6.45) is 0. The number of hydrogen-bond acceptors (Lipinski definition) is 2. The van der Waals surface area contributed by atoms with E-state index in [1.165, 1.54) is 5.39 Å². The Hall–Kier alpha value is -1.32. The topological polar surface area (TPSA) is 48.0 Å². The molecule has 0 fully saturated rings. The van der Waals surface area contributed by atoms with Gasteiger partial charge in [0.15, 0.2) is 0 Å². The first-order chi connectivity index (χ1) is 6.90. The first-order valence-corrected chi connectivity index (χ1v) is 4.78. The Morgan fingerprint density at radius 3 is 2.93 bits per heavy atom. The van der Waals surface area contributed by atoms with Crippen molar-refractivity contribution in [2.24, 2.45) is 0 Å². The zero-order valence-electron chi connectivity index (χ0n) is 7.96. The van der Waals surface area contributed by atoms with Gasteiger partial charge in [0.05, 0.1) is 6.61 Å².